The van der Waals surface area contributed by atoms with Crippen LogP contribution in [0.1, 0.15) is 110 Å². The molecular weight excluding hydrogens is 739 g/mol. The van der Waals surface area contributed by atoms with Gasteiger partial charge in [0.2, 0.25) is 11.2 Å². The minimum Gasteiger partial charge on any atom is -0.489 e. The molecule has 8 heteroatoms. The Hall–Kier alpha value is -5.11. The van der Waals surface area contributed by atoms with Gasteiger partial charge in [0.05, 0.1) is 16.6 Å². The van der Waals surface area contributed by atoms with Gasteiger partial charge in [-0.2, -0.15) is 0 Å². The molecule has 2 aromatic carbocycles. The largest absolute Gasteiger partial charge is 0.489 e. The fourth-order valence-corrected chi connectivity index (χ4v) is 7.11. The molecule has 0 spiro atoms. The van der Waals surface area contributed by atoms with Crippen LogP contribution < -0.4 is 33.8 Å². The number of benzene rings is 2. The highest BCUT2D eigenvalue weighted by molar-refractivity contribution is 5.92. The summed E-state index contributed by atoms with van der Waals surface area (Å²) >= 11 is 0. The van der Waals surface area contributed by atoms with E-state index in [1.54, 1.807) is 42.5 Å². The number of ether oxygens (including phenoxy) is 6. The summed E-state index contributed by atoms with van der Waals surface area (Å²) in [6.45, 7) is 27.1. The fraction of sp³-hybridized carbons (Fsp3) is 0.471. The molecule has 0 aliphatic heterocycles. The first kappa shape index (κ1) is 48.3. The Labute approximate surface area is 354 Å². The fourth-order valence-electron chi connectivity index (χ4n) is 7.11. The van der Waals surface area contributed by atoms with Crippen molar-refractivity contribution in [2.75, 3.05) is 39.6 Å². The number of pyridine rings is 1. The molecule has 0 N–H and O–H groups in total. The third-order valence-electron chi connectivity index (χ3n) is 9.92. The summed E-state index contributed by atoms with van der Waals surface area (Å²) in [6.07, 6.45) is 30.3. The first-order chi connectivity index (χ1) is 29.0. The zero-order valence-electron chi connectivity index (χ0n) is 36.1. The molecule has 0 amide bonds. The first-order valence-electron chi connectivity index (χ1n) is 21.8. The Bertz CT molecular complexity index is 1790. The number of aromatic nitrogens is 1. The minimum atomic E-state index is -0.330. The summed E-state index contributed by atoms with van der Waals surface area (Å²) < 4.78 is 39.1. The normalized spacial score (nSPS) is 10.8. The van der Waals surface area contributed by atoms with Crippen molar-refractivity contribution in [2.45, 2.75) is 116 Å². The predicted octanol–water partition coefficient (Wildman–Crippen LogP) is 13.3. The van der Waals surface area contributed by atoms with Gasteiger partial charge in [-0.15, -0.1) is 0 Å². The number of hydrogen-bond acceptors (Lipinski definition) is 7. The number of aryl methyl sites for hydroxylation is 1. The van der Waals surface area contributed by atoms with E-state index in [1.165, 1.54) is 83.5 Å². The standard InChI is InChI=1S/C51H71NO7/c1-8-15-16-17-18-19-20-21-22-23-24-25-26-27-28-29-30-52-43-39-42(54-31-9-2)40-44(55-32-10-3)47(43)49(53)51(59-36-14-7)48(52)41-37-45(56-33-11-4)50(58-35-13-6)46(38-41)57-34-12-5/h9-14,37-40H,2-8,15-36H2,1H3. The number of fused-ring (bicyclic) bond motifs is 1. The molecule has 59 heavy (non-hydrogen) atoms. The molecule has 0 aliphatic carbocycles. The van der Waals surface area contributed by atoms with E-state index in [0.29, 0.717) is 57.5 Å². The maximum absolute atomic E-state index is 14.8. The molecule has 1 heterocycles. The lowest BCUT2D eigenvalue weighted by molar-refractivity contribution is 0.280. The van der Waals surface area contributed by atoms with Crippen molar-refractivity contribution < 1.29 is 28.4 Å². The second-order valence-corrected chi connectivity index (χ2v) is 14.7. The molecule has 8 nitrogen and oxygen atoms in total. The van der Waals surface area contributed by atoms with Crippen molar-refractivity contribution in [1.29, 1.82) is 0 Å². The highest BCUT2D eigenvalue weighted by Crippen LogP contribution is 2.45. The first-order valence-corrected chi connectivity index (χ1v) is 21.8. The van der Waals surface area contributed by atoms with Gasteiger partial charge in [0.25, 0.3) is 0 Å². The topological polar surface area (TPSA) is 77.4 Å². The second kappa shape index (κ2) is 29.2. The minimum absolute atomic E-state index is 0.107. The Kier molecular flexibility index (Phi) is 23.8. The summed E-state index contributed by atoms with van der Waals surface area (Å²) in [7, 11) is 0. The van der Waals surface area contributed by atoms with E-state index in [-0.39, 0.29) is 50.8 Å². The molecule has 0 saturated carbocycles. The smallest absolute Gasteiger partial charge is 0.235 e. The molecule has 0 saturated heterocycles. The highest BCUT2D eigenvalue weighted by Gasteiger charge is 2.26. The van der Waals surface area contributed by atoms with Gasteiger partial charge in [-0.3, -0.25) is 4.79 Å². The molecular formula is C51H71NO7. The van der Waals surface area contributed by atoms with Crippen molar-refractivity contribution in [2.24, 2.45) is 0 Å². The summed E-state index contributed by atoms with van der Waals surface area (Å²) in [5.41, 5.74) is 1.51. The lowest BCUT2D eigenvalue weighted by atomic mass is 10.0. The summed E-state index contributed by atoms with van der Waals surface area (Å²) in [5, 5.41) is 0.384. The Morgan fingerprint density at radius 3 is 1.36 bits per heavy atom. The molecule has 0 unspecified atom stereocenters. The molecule has 322 valence electrons. The second-order valence-electron chi connectivity index (χ2n) is 14.7. The van der Waals surface area contributed by atoms with Crippen LogP contribution in [0.25, 0.3) is 22.2 Å². The van der Waals surface area contributed by atoms with E-state index >= 15 is 0 Å². The molecule has 0 bridgehead atoms. The van der Waals surface area contributed by atoms with Crippen molar-refractivity contribution >= 4 is 10.9 Å². The van der Waals surface area contributed by atoms with E-state index in [1.807, 2.05) is 18.2 Å². The van der Waals surface area contributed by atoms with Gasteiger partial charge in [0, 0.05) is 24.2 Å². The van der Waals surface area contributed by atoms with Crippen LogP contribution in [0, 0.1) is 0 Å². The van der Waals surface area contributed by atoms with Gasteiger partial charge in [0.15, 0.2) is 17.2 Å². The van der Waals surface area contributed by atoms with Crippen LogP contribution in [0.2, 0.25) is 0 Å². The summed E-state index contributed by atoms with van der Waals surface area (Å²) in [5.74, 6) is 2.30. The lowest BCUT2D eigenvalue weighted by Crippen LogP contribution is -2.19. The van der Waals surface area contributed by atoms with Crippen LogP contribution in [0.5, 0.6) is 34.5 Å². The maximum atomic E-state index is 14.8. The van der Waals surface area contributed by atoms with Crippen LogP contribution in [0.15, 0.2) is 105 Å². The van der Waals surface area contributed by atoms with Gasteiger partial charge in [-0.05, 0) is 18.6 Å². The van der Waals surface area contributed by atoms with E-state index in [0.717, 1.165) is 19.3 Å². The molecule has 0 radical (unpaired) electrons. The van der Waals surface area contributed by atoms with Crippen LogP contribution >= 0.6 is 0 Å². The quantitative estimate of drug-likeness (QED) is 0.0427. The predicted molar refractivity (Wildman–Crippen MR) is 247 cm³/mol. The zero-order valence-corrected chi connectivity index (χ0v) is 36.1. The zero-order chi connectivity index (χ0) is 42.5. The molecule has 0 aliphatic rings. The van der Waals surface area contributed by atoms with Gasteiger partial charge >= 0.3 is 0 Å². The SMILES string of the molecule is C=CCOc1cc(OCC=C)c2c(=O)c(OCC=C)c(-c3cc(OCC=C)c(OCC=C)c(OCC=C)c3)n(CCCCCCCCCCCCCCCCCC)c2c1. The van der Waals surface area contributed by atoms with Crippen LogP contribution in [0.3, 0.4) is 0 Å². The summed E-state index contributed by atoms with van der Waals surface area (Å²) in [4.78, 5) is 14.8. The van der Waals surface area contributed by atoms with Crippen molar-refractivity contribution in [3.63, 3.8) is 0 Å². The summed E-state index contributed by atoms with van der Waals surface area (Å²) in [6, 6.07) is 7.32. The number of unbranched alkanes of at least 4 members (excludes halogenated alkanes) is 15. The van der Waals surface area contributed by atoms with Crippen molar-refractivity contribution in [1.82, 2.24) is 4.57 Å². The van der Waals surface area contributed by atoms with E-state index in [4.69, 9.17) is 28.4 Å². The molecule has 3 aromatic rings. The van der Waals surface area contributed by atoms with Crippen LogP contribution in [-0.2, 0) is 6.54 Å². The third-order valence-corrected chi connectivity index (χ3v) is 9.92. The molecule has 0 atom stereocenters. The maximum Gasteiger partial charge on any atom is 0.235 e. The van der Waals surface area contributed by atoms with Crippen LogP contribution in [-0.4, -0.2) is 44.2 Å². The Balaban J connectivity index is 2.05. The third kappa shape index (κ3) is 15.9. The highest BCUT2D eigenvalue weighted by atomic mass is 16.5. The van der Waals surface area contributed by atoms with E-state index in [2.05, 4.69) is 51.0 Å². The lowest BCUT2D eigenvalue weighted by Gasteiger charge is -2.24. The average molecular weight is 810 g/mol. The Morgan fingerprint density at radius 2 is 0.881 bits per heavy atom. The van der Waals surface area contributed by atoms with Gasteiger partial charge in [0.1, 0.15) is 51.1 Å². The van der Waals surface area contributed by atoms with Crippen molar-refractivity contribution in [3.8, 4) is 45.8 Å². The van der Waals surface area contributed by atoms with Crippen molar-refractivity contribution in [3.05, 3.63) is 110 Å². The number of hydrogen-bond donors (Lipinski definition) is 0. The molecule has 0 fully saturated rings. The average Bonchev–Trinajstić information content (AvgIpc) is 3.25. The van der Waals surface area contributed by atoms with E-state index in [9.17, 15) is 4.79 Å². The molecule has 1 aromatic heterocycles. The monoisotopic (exact) mass is 810 g/mol. The number of rotatable bonds is 36. The number of nitrogens with zero attached hydrogens (tertiary/aromatic N) is 1. The van der Waals surface area contributed by atoms with Crippen LogP contribution in [0.4, 0.5) is 0 Å². The molecule has 3 rings (SSSR count). The van der Waals surface area contributed by atoms with Gasteiger partial charge in [-0.1, -0.05) is 179 Å². The van der Waals surface area contributed by atoms with Gasteiger partial charge < -0.3 is 33.0 Å². The van der Waals surface area contributed by atoms with Gasteiger partial charge in [-0.25, -0.2) is 0 Å². The van der Waals surface area contributed by atoms with E-state index < -0.39 is 0 Å². The Morgan fingerprint density at radius 1 is 0.475 bits per heavy atom.